The first-order chi connectivity index (χ1) is 8.16. The molecular weight excluding hydrogens is 206 g/mol. The molecular formula is C16H17N. The number of hydrogen-bond donors (Lipinski definition) is 1. The number of allylic oxidation sites excluding steroid dienone is 4. The molecule has 0 saturated heterocycles. The Morgan fingerprint density at radius 2 is 1.82 bits per heavy atom. The Bertz CT molecular complexity index is 607. The molecule has 17 heavy (non-hydrogen) atoms. The Morgan fingerprint density at radius 1 is 1.06 bits per heavy atom. The van der Waals surface area contributed by atoms with Crippen LogP contribution in [-0.4, -0.2) is 4.98 Å². The second kappa shape index (κ2) is 3.63. The van der Waals surface area contributed by atoms with Crippen molar-refractivity contribution in [3.63, 3.8) is 0 Å². The molecule has 0 amide bonds. The molecule has 0 saturated carbocycles. The largest absolute Gasteiger partial charge is 0.358 e. The molecule has 1 N–H and O–H groups in total. The van der Waals surface area contributed by atoms with Gasteiger partial charge in [-0.25, -0.2) is 0 Å². The van der Waals surface area contributed by atoms with E-state index in [1.807, 2.05) is 0 Å². The zero-order valence-electron chi connectivity index (χ0n) is 10.5. The maximum absolute atomic E-state index is 3.53. The van der Waals surface area contributed by atoms with Crippen molar-refractivity contribution < 1.29 is 0 Å². The molecule has 86 valence electrons. The lowest BCUT2D eigenvalue weighted by atomic mass is 9.99. The number of fused-ring (bicyclic) bond motifs is 1. The summed E-state index contributed by atoms with van der Waals surface area (Å²) in [4.78, 5) is 3.53. The average Bonchev–Trinajstić information content (AvgIpc) is 2.86. The van der Waals surface area contributed by atoms with Gasteiger partial charge in [0.25, 0.3) is 0 Å². The van der Waals surface area contributed by atoms with Gasteiger partial charge in [0.05, 0.1) is 0 Å². The Hall–Kier alpha value is -1.76. The Balaban J connectivity index is 2.12. The van der Waals surface area contributed by atoms with E-state index < -0.39 is 0 Å². The molecule has 1 nitrogen and oxygen atoms in total. The molecule has 0 aliphatic heterocycles. The lowest BCUT2D eigenvalue weighted by Gasteiger charge is -2.08. The van der Waals surface area contributed by atoms with Gasteiger partial charge in [-0.3, -0.25) is 0 Å². The minimum atomic E-state index is 0.433. The number of para-hydroxylation sites is 1. The zero-order valence-corrected chi connectivity index (χ0v) is 10.5. The van der Waals surface area contributed by atoms with E-state index in [0.717, 1.165) is 0 Å². The van der Waals surface area contributed by atoms with E-state index in [1.54, 1.807) is 0 Å². The molecule has 0 bridgehead atoms. The van der Waals surface area contributed by atoms with Crippen molar-refractivity contribution in [2.75, 3.05) is 0 Å². The van der Waals surface area contributed by atoms with E-state index >= 15 is 0 Å². The van der Waals surface area contributed by atoms with Crippen LogP contribution < -0.4 is 0 Å². The van der Waals surface area contributed by atoms with Gasteiger partial charge in [-0.15, -0.1) is 0 Å². The van der Waals surface area contributed by atoms with Gasteiger partial charge < -0.3 is 4.98 Å². The van der Waals surface area contributed by atoms with Crippen LogP contribution in [0.15, 0.2) is 53.1 Å². The fourth-order valence-corrected chi connectivity index (χ4v) is 2.63. The number of rotatable bonds is 1. The second-order valence-corrected chi connectivity index (χ2v) is 4.95. The second-order valence-electron chi connectivity index (χ2n) is 4.95. The predicted molar refractivity (Wildman–Crippen MR) is 73.2 cm³/mol. The molecule has 0 radical (unpaired) electrons. The van der Waals surface area contributed by atoms with Crippen molar-refractivity contribution in [2.24, 2.45) is 0 Å². The number of aromatic amines is 1. The van der Waals surface area contributed by atoms with Gasteiger partial charge in [0.2, 0.25) is 0 Å². The number of nitrogens with one attached hydrogen (secondary N) is 1. The molecule has 2 aromatic rings. The normalized spacial score (nSPS) is 20.2. The minimum Gasteiger partial charge on any atom is -0.358 e. The van der Waals surface area contributed by atoms with Crippen molar-refractivity contribution in [1.82, 2.24) is 4.98 Å². The molecule has 1 aliphatic rings. The molecule has 1 heterocycles. The first kappa shape index (κ1) is 10.4. The monoisotopic (exact) mass is 223 g/mol. The number of benzene rings is 1. The van der Waals surface area contributed by atoms with Crippen LogP contribution in [0.25, 0.3) is 10.9 Å². The molecule has 1 aromatic heterocycles. The summed E-state index contributed by atoms with van der Waals surface area (Å²) in [6.07, 6.45) is 2.36. The summed E-state index contributed by atoms with van der Waals surface area (Å²) >= 11 is 0. The smallest absolute Gasteiger partial charge is 0.0456 e. The maximum Gasteiger partial charge on any atom is 0.0456 e. The van der Waals surface area contributed by atoms with Crippen molar-refractivity contribution in [1.29, 1.82) is 0 Å². The lowest BCUT2D eigenvalue weighted by molar-refractivity contribution is 0.961. The first-order valence-corrected chi connectivity index (χ1v) is 6.10. The molecule has 0 spiro atoms. The summed E-state index contributed by atoms with van der Waals surface area (Å²) in [6, 6.07) is 10.7. The first-order valence-electron chi connectivity index (χ1n) is 6.10. The minimum absolute atomic E-state index is 0.433. The van der Waals surface area contributed by atoms with E-state index in [1.165, 1.54) is 33.3 Å². The van der Waals surface area contributed by atoms with E-state index in [-0.39, 0.29) is 0 Å². The predicted octanol–water partition coefficient (Wildman–Crippen LogP) is 4.55. The Labute approximate surface area is 102 Å². The van der Waals surface area contributed by atoms with Crippen molar-refractivity contribution in [3.05, 3.63) is 58.8 Å². The number of H-pyrrole nitrogens is 1. The molecule has 1 atom stereocenters. The third kappa shape index (κ3) is 1.54. The van der Waals surface area contributed by atoms with E-state index in [9.17, 15) is 0 Å². The quantitative estimate of drug-likeness (QED) is 0.730. The van der Waals surface area contributed by atoms with Crippen LogP contribution in [-0.2, 0) is 0 Å². The Kier molecular flexibility index (Phi) is 2.22. The fourth-order valence-electron chi connectivity index (χ4n) is 2.63. The van der Waals surface area contributed by atoms with Crippen molar-refractivity contribution >= 4 is 10.9 Å². The maximum atomic E-state index is 3.53. The Morgan fingerprint density at radius 3 is 2.47 bits per heavy atom. The third-order valence-corrected chi connectivity index (χ3v) is 3.95. The molecule has 1 unspecified atom stereocenters. The van der Waals surface area contributed by atoms with Crippen LogP contribution in [0.3, 0.4) is 0 Å². The summed E-state index contributed by atoms with van der Waals surface area (Å²) in [6.45, 7) is 6.64. The van der Waals surface area contributed by atoms with Crippen LogP contribution in [0.1, 0.15) is 32.4 Å². The van der Waals surface area contributed by atoms with Crippen LogP contribution in [0, 0.1) is 0 Å². The van der Waals surface area contributed by atoms with Crippen molar-refractivity contribution in [2.45, 2.75) is 26.7 Å². The lowest BCUT2D eigenvalue weighted by Crippen LogP contribution is -1.94. The van der Waals surface area contributed by atoms with Crippen molar-refractivity contribution in [3.8, 4) is 0 Å². The van der Waals surface area contributed by atoms with E-state index in [2.05, 4.69) is 62.2 Å². The SMILES string of the molecule is CC1=CC(c2cc3ccccc3[nH]2)C(C)=C1C. The highest BCUT2D eigenvalue weighted by Gasteiger charge is 2.21. The van der Waals surface area contributed by atoms with Gasteiger partial charge in [-0.1, -0.05) is 35.4 Å². The molecule has 1 aliphatic carbocycles. The van der Waals surface area contributed by atoms with Gasteiger partial charge in [-0.05, 0) is 43.9 Å². The van der Waals surface area contributed by atoms with E-state index in [4.69, 9.17) is 0 Å². The average molecular weight is 223 g/mol. The number of hydrogen-bond acceptors (Lipinski definition) is 0. The molecule has 1 heteroatoms. The highest BCUT2D eigenvalue weighted by Crippen LogP contribution is 2.37. The molecule has 0 fully saturated rings. The number of aromatic nitrogens is 1. The zero-order chi connectivity index (χ0) is 12.0. The molecule has 3 rings (SSSR count). The van der Waals surface area contributed by atoms with E-state index in [0.29, 0.717) is 5.92 Å². The van der Waals surface area contributed by atoms with Crippen LogP contribution >= 0.6 is 0 Å². The van der Waals surface area contributed by atoms with Gasteiger partial charge in [0, 0.05) is 17.1 Å². The van der Waals surface area contributed by atoms with Gasteiger partial charge in [0.15, 0.2) is 0 Å². The van der Waals surface area contributed by atoms with Crippen LogP contribution in [0.2, 0.25) is 0 Å². The standard InChI is InChI=1S/C16H17N/c1-10-8-14(12(3)11(10)2)16-9-13-6-4-5-7-15(13)17-16/h4-9,14,17H,1-3H3. The summed E-state index contributed by atoms with van der Waals surface area (Å²) in [5.74, 6) is 0.433. The highest BCUT2D eigenvalue weighted by atomic mass is 14.7. The van der Waals surface area contributed by atoms with Gasteiger partial charge >= 0.3 is 0 Å². The summed E-state index contributed by atoms with van der Waals surface area (Å²) in [5, 5.41) is 1.30. The third-order valence-electron chi connectivity index (χ3n) is 3.95. The van der Waals surface area contributed by atoms with Gasteiger partial charge in [-0.2, -0.15) is 0 Å². The summed E-state index contributed by atoms with van der Waals surface area (Å²) < 4.78 is 0. The highest BCUT2D eigenvalue weighted by molar-refractivity contribution is 5.80. The summed E-state index contributed by atoms with van der Waals surface area (Å²) in [5.41, 5.74) is 6.85. The topological polar surface area (TPSA) is 15.8 Å². The van der Waals surface area contributed by atoms with Crippen LogP contribution in [0.5, 0.6) is 0 Å². The van der Waals surface area contributed by atoms with Crippen LogP contribution in [0.4, 0.5) is 0 Å². The fraction of sp³-hybridized carbons (Fsp3) is 0.250. The molecule has 1 aromatic carbocycles. The van der Waals surface area contributed by atoms with Gasteiger partial charge in [0.1, 0.15) is 0 Å². The summed E-state index contributed by atoms with van der Waals surface area (Å²) in [7, 11) is 0.